The molecule has 3 aromatic rings. The number of hydrogen-bond acceptors (Lipinski definition) is 8. The average Bonchev–Trinajstić information content (AvgIpc) is 3.20. The molecule has 8 nitrogen and oxygen atoms in total. The van der Waals surface area contributed by atoms with Crippen molar-refractivity contribution in [2.24, 2.45) is 0 Å². The number of rotatable bonds is 7. The molecule has 2 aromatic heterocycles. The van der Waals surface area contributed by atoms with Gasteiger partial charge in [0, 0.05) is 6.54 Å². The molecule has 0 aliphatic heterocycles. The van der Waals surface area contributed by atoms with Crippen LogP contribution in [0.15, 0.2) is 50.8 Å². The summed E-state index contributed by atoms with van der Waals surface area (Å²) in [6.07, 6.45) is 0.0528. The summed E-state index contributed by atoms with van der Waals surface area (Å²) in [5.74, 6) is 0.0137. The Kier molecular flexibility index (Phi) is 6.15. The largest absolute Gasteiger partial charge is 0.469 e. The van der Waals surface area contributed by atoms with Gasteiger partial charge in [-0.3, -0.25) is 14.2 Å². The third-order valence-electron chi connectivity index (χ3n) is 3.99. The fourth-order valence-corrected chi connectivity index (χ4v) is 3.48. The summed E-state index contributed by atoms with van der Waals surface area (Å²) in [5.41, 5.74) is 0.339. The molecule has 2 heterocycles. The van der Waals surface area contributed by atoms with Crippen molar-refractivity contribution < 1.29 is 23.5 Å². The van der Waals surface area contributed by atoms with Crippen molar-refractivity contribution in [3.63, 3.8) is 0 Å². The number of hydrogen-bond donors (Lipinski definition) is 0. The molecule has 28 heavy (non-hydrogen) atoms. The van der Waals surface area contributed by atoms with Gasteiger partial charge in [-0.2, -0.15) is 0 Å². The molecule has 0 unspecified atom stereocenters. The molecular formula is C19H18N2O6S. The Bertz CT molecular complexity index is 1070. The standard InChI is InChI=1S/C19H18N2O6S/c1-25-16(22)9-10-21-17(23)13-5-3-4-6-14(13)20-19(21)28-11-12-7-8-15(27-12)18(24)26-2/h3-8H,9-11H2,1-2H3. The Morgan fingerprint density at radius 2 is 1.93 bits per heavy atom. The SMILES string of the molecule is COC(=O)CCn1c(SCc2ccc(C(=O)OC)o2)nc2ccccc2c1=O. The fraction of sp³-hybridized carbons (Fsp3) is 0.263. The van der Waals surface area contributed by atoms with Crippen molar-refractivity contribution in [1.82, 2.24) is 9.55 Å². The van der Waals surface area contributed by atoms with Gasteiger partial charge >= 0.3 is 11.9 Å². The molecule has 0 atom stereocenters. The Labute approximate surface area is 164 Å². The van der Waals surface area contributed by atoms with E-state index in [2.05, 4.69) is 14.5 Å². The first kappa shape index (κ1) is 19.7. The summed E-state index contributed by atoms with van der Waals surface area (Å²) in [5, 5.41) is 0.923. The van der Waals surface area contributed by atoms with Gasteiger partial charge in [0.15, 0.2) is 5.16 Å². The van der Waals surface area contributed by atoms with Crippen LogP contribution >= 0.6 is 11.8 Å². The molecule has 0 fully saturated rings. The van der Waals surface area contributed by atoms with Crippen LogP contribution in [-0.4, -0.2) is 35.7 Å². The quantitative estimate of drug-likeness (QED) is 0.338. The Balaban J connectivity index is 1.89. The summed E-state index contributed by atoms with van der Waals surface area (Å²) < 4.78 is 16.2. The maximum atomic E-state index is 12.9. The lowest BCUT2D eigenvalue weighted by Crippen LogP contribution is -2.24. The highest BCUT2D eigenvalue weighted by Gasteiger charge is 2.15. The van der Waals surface area contributed by atoms with Crippen LogP contribution in [-0.2, 0) is 26.6 Å². The summed E-state index contributed by atoms with van der Waals surface area (Å²) in [4.78, 5) is 40.4. The molecule has 0 aliphatic rings. The third-order valence-corrected chi connectivity index (χ3v) is 4.98. The van der Waals surface area contributed by atoms with Gasteiger partial charge in [-0.1, -0.05) is 23.9 Å². The molecule has 0 radical (unpaired) electrons. The van der Waals surface area contributed by atoms with Crippen LogP contribution in [0.1, 0.15) is 22.7 Å². The van der Waals surface area contributed by atoms with Gasteiger partial charge in [0.1, 0.15) is 5.76 Å². The van der Waals surface area contributed by atoms with Crippen LogP contribution in [0.25, 0.3) is 10.9 Å². The van der Waals surface area contributed by atoms with E-state index in [0.717, 1.165) is 0 Å². The minimum atomic E-state index is -0.560. The summed E-state index contributed by atoms with van der Waals surface area (Å²) >= 11 is 1.27. The second kappa shape index (κ2) is 8.75. The molecule has 1 aromatic carbocycles. The molecule has 0 amide bonds. The summed E-state index contributed by atoms with van der Waals surface area (Å²) in [6, 6.07) is 10.2. The van der Waals surface area contributed by atoms with Gasteiger partial charge in [-0.25, -0.2) is 9.78 Å². The first-order chi connectivity index (χ1) is 13.5. The number of esters is 2. The highest BCUT2D eigenvalue weighted by Crippen LogP contribution is 2.23. The highest BCUT2D eigenvalue weighted by molar-refractivity contribution is 7.98. The van der Waals surface area contributed by atoms with Crippen LogP contribution < -0.4 is 5.56 Å². The predicted octanol–water partition coefficient (Wildman–Crippen LogP) is 2.63. The first-order valence-electron chi connectivity index (χ1n) is 8.39. The lowest BCUT2D eigenvalue weighted by atomic mass is 10.2. The smallest absolute Gasteiger partial charge is 0.373 e. The topological polar surface area (TPSA) is 101 Å². The fourth-order valence-electron chi connectivity index (χ4n) is 2.56. The number of benzene rings is 1. The molecule has 146 valence electrons. The van der Waals surface area contributed by atoms with Gasteiger partial charge in [0.05, 0.1) is 37.3 Å². The monoisotopic (exact) mass is 402 g/mol. The van der Waals surface area contributed by atoms with E-state index in [4.69, 9.17) is 4.42 Å². The number of carbonyl (C=O) groups excluding carboxylic acids is 2. The second-order valence-electron chi connectivity index (χ2n) is 5.74. The second-order valence-corrected chi connectivity index (χ2v) is 6.68. The van der Waals surface area contributed by atoms with Crippen molar-refractivity contribution >= 4 is 34.6 Å². The Morgan fingerprint density at radius 3 is 2.68 bits per heavy atom. The summed E-state index contributed by atoms with van der Waals surface area (Å²) in [6.45, 7) is 0.150. The van der Waals surface area contributed by atoms with Crippen molar-refractivity contribution in [3.05, 3.63) is 58.3 Å². The molecule has 0 N–H and O–H groups in total. The van der Waals surface area contributed by atoms with E-state index in [0.29, 0.717) is 27.6 Å². The molecule has 0 saturated heterocycles. The van der Waals surface area contributed by atoms with Crippen LogP contribution in [0.3, 0.4) is 0 Å². The summed E-state index contributed by atoms with van der Waals surface area (Å²) in [7, 11) is 2.58. The number of thioether (sulfide) groups is 1. The van der Waals surface area contributed by atoms with Crippen molar-refractivity contribution in [2.45, 2.75) is 23.9 Å². The van der Waals surface area contributed by atoms with Crippen molar-refractivity contribution in [2.75, 3.05) is 14.2 Å². The molecule has 0 bridgehead atoms. The number of aromatic nitrogens is 2. The number of furan rings is 1. The van der Waals surface area contributed by atoms with Crippen molar-refractivity contribution in [3.8, 4) is 0 Å². The van der Waals surface area contributed by atoms with E-state index >= 15 is 0 Å². The van der Waals surface area contributed by atoms with Gasteiger partial charge in [0.25, 0.3) is 5.56 Å². The normalized spacial score (nSPS) is 10.8. The van der Waals surface area contributed by atoms with Crippen LogP contribution in [0.4, 0.5) is 0 Å². The minimum absolute atomic E-state index is 0.0528. The number of fused-ring (bicyclic) bond motifs is 1. The lowest BCUT2D eigenvalue weighted by molar-refractivity contribution is -0.140. The lowest BCUT2D eigenvalue weighted by Gasteiger charge is -2.12. The van der Waals surface area contributed by atoms with Crippen LogP contribution in [0, 0.1) is 0 Å². The Morgan fingerprint density at radius 1 is 1.14 bits per heavy atom. The third kappa shape index (κ3) is 4.25. The minimum Gasteiger partial charge on any atom is -0.469 e. The van der Waals surface area contributed by atoms with Crippen LogP contribution in [0.5, 0.6) is 0 Å². The van der Waals surface area contributed by atoms with Gasteiger partial charge in [0.2, 0.25) is 5.76 Å². The van der Waals surface area contributed by atoms with Gasteiger partial charge in [-0.15, -0.1) is 0 Å². The zero-order chi connectivity index (χ0) is 20.1. The average molecular weight is 402 g/mol. The first-order valence-corrected chi connectivity index (χ1v) is 9.38. The Hall–Kier alpha value is -3.07. The number of nitrogens with zero attached hydrogens (tertiary/aromatic N) is 2. The number of ether oxygens (including phenoxy) is 2. The molecule has 9 heteroatoms. The van der Waals surface area contributed by atoms with E-state index in [1.165, 1.54) is 36.6 Å². The zero-order valence-corrected chi connectivity index (χ0v) is 16.2. The van der Waals surface area contributed by atoms with E-state index < -0.39 is 11.9 Å². The van der Waals surface area contributed by atoms with E-state index in [-0.39, 0.29) is 24.3 Å². The van der Waals surface area contributed by atoms with Gasteiger partial charge < -0.3 is 13.9 Å². The maximum Gasteiger partial charge on any atom is 0.373 e. The molecule has 0 saturated carbocycles. The molecular weight excluding hydrogens is 384 g/mol. The number of carbonyl (C=O) groups is 2. The number of methoxy groups -OCH3 is 2. The number of para-hydroxylation sites is 1. The van der Waals surface area contributed by atoms with E-state index in [1.54, 1.807) is 30.3 Å². The maximum absolute atomic E-state index is 12.9. The molecule has 0 spiro atoms. The predicted molar refractivity (Wildman–Crippen MR) is 102 cm³/mol. The molecule has 3 rings (SSSR count). The van der Waals surface area contributed by atoms with Gasteiger partial charge in [-0.05, 0) is 24.3 Å². The zero-order valence-electron chi connectivity index (χ0n) is 15.3. The highest BCUT2D eigenvalue weighted by atomic mass is 32.2. The van der Waals surface area contributed by atoms with E-state index in [9.17, 15) is 14.4 Å². The molecule has 0 aliphatic carbocycles. The van der Waals surface area contributed by atoms with Crippen LogP contribution in [0.2, 0.25) is 0 Å². The van der Waals surface area contributed by atoms with Crippen molar-refractivity contribution in [1.29, 1.82) is 0 Å². The van der Waals surface area contributed by atoms with E-state index in [1.807, 2.05) is 0 Å².